The average Bonchev–Trinajstić information content (AvgIpc) is 2.57. The number of ether oxygens (including phenoxy) is 1. The van der Waals surface area contributed by atoms with Crippen molar-refractivity contribution in [2.75, 3.05) is 6.61 Å². The standard InChI is InChI=1S/C20H16ClFO/c1-2-23-18-10-5-15(6-11-18)19-12-7-16(13-20(19)22)14-3-8-17(21)9-4-14/h3-13H,2H2,1H3. The Kier molecular flexibility index (Phi) is 4.63. The lowest BCUT2D eigenvalue weighted by Crippen LogP contribution is -1.91. The minimum absolute atomic E-state index is 0.249. The molecule has 0 radical (unpaired) electrons. The van der Waals surface area contributed by atoms with E-state index < -0.39 is 0 Å². The zero-order valence-electron chi connectivity index (χ0n) is 12.7. The largest absolute Gasteiger partial charge is 0.494 e. The van der Waals surface area contributed by atoms with Crippen LogP contribution in [0.5, 0.6) is 5.75 Å². The zero-order valence-corrected chi connectivity index (χ0v) is 13.5. The number of hydrogen-bond donors (Lipinski definition) is 0. The van der Waals surface area contributed by atoms with Crippen molar-refractivity contribution in [3.8, 4) is 28.0 Å². The van der Waals surface area contributed by atoms with Crippen molar-refractivity contribution in [2.45, 2.75) is 6.92 Å². The molecule has 0 spiro atoms. The molecule has 3 aromatic rings. The molecular weight excluding hydrogens is 311 g/mol. The number of benzene rings is 3. The highest BCUT2D eigenvalue weighted by atomic mass is 35.5. The fourth-order valence-corrected chi connectivity index (χ4v) is 2.59. The van der Waals surface area contributed by atoms with Crippen molar-refractivity contribution in [1.82, 2.24) is 0 Å². The van der Waals surface area contributed by atoms with Crippen molar-refractivity contribution in [3.63, 3.8) is 0 Å². The molecule has 0 aliphatic heterocycles. The van der Waals surface area contributed by atoms with Crippen LogP contribution >= 0.6 is 11.6 Å². The van der Waals surface area contributed by atoms with Crippen LogP contribution < -0.4 is 4.74 Å². The van der Waals surface area contributed by atoms with Gasteiger partial charge in [-0.1, -0.05) is 48.0 Å². The summed E-state index contributed by atoms with van der Waals surface area (Å²) in [6, 6.07) is 20.1. The van der Waals surface area contributed by atoms with E-state index in [1.807, 2.05) is 49.4 Å². The quantitative estimate of drug-likeness (QED) is 0.553. The first-order valence-corrected chi connectivity index (χ1v) is 7.84. The molecule has 0 bridgehead atoms. The molecule has 0 fully saturated rings. The van der Waals surface area contributed by atoms with Gasteiger partial charge in [-0.05, 0) is 53.9 Å². The lowest BCUT2D eigenvalue weighted by atomic mass is 9.99. The van der Waals surface area contributed by atoms with Gasteiger partial charge in [0.25, 0.3) is 0 Å². The lowest BCUT2D eigenvalue weighted by Gasteiger charge is -2.08. The van der Waals surface area contributed by atoms with Crippen molar-refractivity contribution in [2.24, 2.45) is 0 Å². The first-order chi connectivity index (χ1) is 11.2. The summed E-state index contributed by atoms with van der Waals surface area (Å²) in [6.45, 7) is 2.55. The minimum atomic E-state index is -0.249. The SMILES string of the molecule is CCOc1ccc(-c2ccc(-c3ccc(Cl)cc3)cc2F)cc1. The second-order valence-electron chi connectivity index (χ2n) is 5.16. The summed E-state index contributed by atoms with van der Waals surface area (Å²) < 4.78 is 19.9. The molecule has 23 heavy (non-hydrogen) atoms. The first-order valence-electron chi connectivity index (χ1n) is 7.46. The van der Waals surface area contributed by atoms with Gasteiger partial charge in [-0.15, -0.1) is 0 Å². The Bertz CT molecular complexity index is 795. The van der Waals surface area contributed by atoms with Crippen molar-refractivity contribution in [3.05, 3.63) is 77.6 Å². The van der Waals surface area contributed by atoms with E-state index in [4.69, 9.17) is 16.3 Å². The zero-order chi connectivity index (χ0) is 16.2. The van der Waals surface area contributed by atoms with E-state index in [0.29, 0.717) is 17.2 Å². The van der Waals surface area contributed by atoms with Gasteiger partial charge in [0.1, 0.15) is 11.6 Å². The third-order valence-electron chi connectivity index (χ3n) is 3.62. The fourth-order valence-electron chi connectivity index (χ4n) is 2.47. The third-order valence-corrected chi connectivity index (χ3v) is 3.87. The van der Waals surface area contributed by atoms with Gasteiger partial charge in [-0.3, -0.25) is 0 Å². The highest BCUT2D eigenvalue weighted by Gasteiger charge is 2.08. The fraction of sp³-hybridized carbons (Fsp3) is 0.100. The summed E-state index contributed by atoms with van der Waals surface area (Å²) >= 11 is 5.89. The predicted octanol–water partition coefficient (Wildman–Crippen LogP) is 6.21. The van der Waals surface area contributed by atoms with Crippen LogP contribution in [0.25, 0.3) is 22.3 Å². The van der Waals surface area contributed by atoms with E-state index in [2.05, 4.69) is 0 Å². The van der Waals surface area contributed by atoms with Crippen LogP contribution in [0.2, 0.25) is 5.02 Å². The van der Waals surface area contributed by atoms with Crippen LogP contribution in [0.1, 0.15) is 6.92 Å². The van der Waals surface area contributed by atoms with Crippen molar-refractivity contribution < 1.29 is 9.13 Å². The number of halogens is 2. The maximum Gasteiger partial charge on any atom is 0.131 e. The number of hydrogen-bond acceptors (Lipinski definition) is 1. The van der Waals surface area contributed by atoms with Crippen molar-refractivity contribution >= 4 is 11.6 Å². The molecule has 0 atom stereocenters. The summed E-state index contributed by atoms with van der Waals surface area (Å²) in [7, 11) is 0. The van der Waals surface area contributed by atoms with E-state index in [9.17, 15) is 4.39 Å². The van der Waals surface area contributed by atoms with Crippen LogP contribution in [-0.2, 0) is 0 Å². The molecular formula is C20H16ClFO. The molecule has 116 valence electrons. The predicted molar refractivity (Wildman–Crippen MR) is 93.5 cm³/mol. The van der Waals surface area contributed by atoms with Crippen LogP contribution in [0, 0.1) is 5.82 Å². The molecule has 3 rings (SSSR count). The topological polar surface area (TPSA) is 9.23 Å². The van der Waals surface area contributed by atoms with E-state index in [1.54, 1.807) is 24.3 Å². The summed E-state index contributed by atoms with van der Waals surface area (Å²) in [6.07, 6.45) is 0. The highest BCUT2D eigenvalue weighted by molar-refractivity contribution is 6.30. The van der Waals surface area contributed by atoms with Crippen molar-refractivity contribution in [1.29, 1.82) is 0 Å². The Morgan fingerprint density at radius 3 is 2.04 bits per heavy atom. The Hall–Kier alpha value is -2.32. The molecule has 3 aromatic carbocycles. The summed E-state index contributed by atoms with van der Waals surface area (Å²) in [4.78, 5) is 0. The van der Waals surface area contributed by atoms with Gasteiger partial charge in [0.15, 0.2) is 0 Å². The molecule has 0 aliphatic rings. The molecule has 0 saturated heterocycles. The Morgan fingerprint density at radius 2 is 1.43 bits per heavy atom. The monoisotopic (exact) mass is 326 g/mol. The second-order valence-corrected chi connectivity index (χ2v) is 5.60. The summed E-state index contributed by atoms with van der Waals surface area (Å²) in [5.41, 5.74) is 3.17. The minimum Gasteiger partial charge on any atom is -0.494 e. The van der Waals surface area contributed by atoms with E-state index >= 15 is 0 Å². The molecule has 3 heteroatoms. The van der Waals surface area contributed by atoms with Gasteiger partial charge in [-0.2, -0.15) is 0 Å². The lowest BCUT2D eigenvalue weighted by molar-refractivity contribution is 0.340. The molecule has 0 aliphatic carbocycles. The van der Waals surface area contributed by atoms with Crippen LogP contribution in [0.3, 0.4) is 0 Å². The number of rotatable bonds is 4. The molecule has 0 aromatic heterocycles. The highest BCUT2D eigenvalue weighted by Crippen LogP contribution is 2.29. The van der Waals surface area contributed by atoms with E-state index in [1.165, 1.54) is 0 Å². The maximum absolute atomic E-state index is 14.5. The Morgan fingerprint density at radius 1 is 0.826 bits per heavy atom. The maximum atomic E-state index is 14.5. The molecule has 0 N–H and O–H groups in total. The summed E-state index contributed by atoms with van der Waals surface area (Å²) in [5, 5.41) is 0.667. The Labute approximate surface area is 140 Å². The van der Waals surface area contributed by atoms with Gasteiger partial charge in [0.05, 0.1) is 6.61 Å². The molecule has 0 amide bonds. The average molecular weight is 327 g/mol. The van der Waals surface area contributed by atoms with Gasteiger partial charge in [-0.25, -0.2) is 4.39 Å². The normalized spacial score (nSPS) is 10.6. The molecule has 0 heterocycles. The van der Waals surface area contributed by atoms with Gasteiger partial charge >= 0.3 is 0 Å². The van der Waals surface area contributed by atoms with Crippen LogP contribution in [0.4, 0.5) is 4.39 Å². The molecule has 0 unspecified atom stereocenters. The first kappa shape index (κ1) is 15.6. The van der Waals surface area contributed by atoms with Gasteiger partial charge in [0.2, 0.25) is 0 Å². The van der Waals surface area contributed by atoms with E-state index in [-0.39, 0.29) is 5.82 Å². The smallest absolute Gasteiger partial charge is 0.131 e. The van der Waals surface area contributed by atoms with Gasteiger partial charge < -0.3 is 4.74 Å². The third kappa shape index (κ3) is 3.54. The second kappa shape index (κ2) is 6.84. The van der Waals surface area contributed by atoms with Crippen LogP contribution in [-0.4, -0.2) is 6.61 Å². The van der Waals surface area contributed by atoms with Crippen LogP contribution in [0.15, 0.2) is 66.7 Å². The van der Waals surface area contributed by atoms with Gasteiger partial charge in [0, 0.05) is 10.6 Å². The Balaban J connectivity index is 1.91. The van der Waals surface area contributed by atoms with E-state index in [0.717, 1.165) is 22.4 Å². The molecule has 0 saturated carbocycles. The summed E-state index contributed by atoms with van der Waals surface area (Å²) in [5.74, 6) is 0.538. The molecule has 1 nitrogen and oxygen atoms in total.